The molecule has 0 radical (unpaired) electrons. The molecule has 80 valence electrons. The van der Waals surface area contributed by atoms with E-state index in [1.54, 1.807) is 0 Å². The lowest BCUT2D eigenvalue weighted by Crippen LogP contribution is -2.38. The summed E-state index contributed by atoms with van der Waals surface area (Å²) in [7, 11) is 0. The van der Waals surface area contributed by atoms with E-state index in [0.717, 1.165) is 23.9 Å². The molecule has 4 heteroatoms. The molecule has 1 aliphatic heterocycles. The molecule has 0 saturated carbocycles. The van der Waals surface area contributed by atoms with Crippen LogP contribution in [0.4, 0.5) is 0 Å². The molecular weight excluding hydrogens is 194 g/mol. The fourth-order valence-electron chi connectivity index (χ4n) is 1.50. The highest BCUT2D eigenvalue weighted by Crippen LogP contribution is 2.09. The standard InChI is InChI=1S/C10H19N3S/c1-9(2)11-12-10(14)13-7-5-3-4-6-8-13/h3-8H2,1-2H3,(H,12,14). The summed E-state index contributed by atoms with van der Waals surface area (Å²) < 4.78 is 0. The second-order valence-corrected chi connectivity index (χ2v) is 4.26. The number of hydrazone groups is 1. The summed E-state index contributed by atoms with van der Waals surface area (Å²) in [5.74, 6) is 0. The minimum Gasteiger partial charge on any atom is -0.348 e. The first-order valence-corrected chi connectivity index (χ1v) is 5.67. The lowest BCUT2D eigenvalue weighted by Gasteiger charge is -2.22. The molecule has 0 bridgehead atoms. The predicted octanol–water partition coefficient (Wildman–Crippen LogP) is 2.13. The van der Waals surface area contributed by atoms with Gasteiger partial charge in [0, 0.05) is 18.8 Å². The van der Waals surface area contributed by atoms with Crippen LogP contribution in [0.25, 0.3) is 0 Å². The summed E-state index contributed by atoms with van der Waals surface area (Å²) in [6, 6.07) is 0. The van der Waals surface area contributed by atoms with Gasteiger partial charge in [0.1, 0.15) is 0 Å². The molecule has 1 heterocycles. The summed E-state index contributed by atoms with van der Waals surface area (Å²) in [6.45, 7) is 6.06. The van der Waals surface area contributed by atoms with Crippen LogP contribution < -0.4 is 5.43 Å². The molecule has 3 nitrogen and oxygen atoms in total. The summed E-state index contributed by atoms with van der Waals surface area (Å²) in [6.07, 6.45) is 5.15. The average molecular weight is 213 g/mol. The maximum Gasteiger partial charge on any atom is 0.189 e. The first kappa shape index (κ1) is 11.4. The van der Waals surface area contributed by atoms with Gasteiger partial charge in [-0.25, -0.2) is 0 Å². The first-order chi connectivity index (χ1) is 6.70. The van der Waals surface area contributed by atoms with E-state index in [2.05, 4.69) is 15.4 Å². The minimum atomic E-state index is 0.771. The first-order valence-electron chi connectivity index (χ1n) is 5.26. The van der Waals surface area contributed by atoms with Crippen LogP contribution in [0.1, 0.15) is 39.5 Å². The van der Waals surface area contributed by atoms with Gasteiger partial charge in [0.2, 0.25) is 0 Å². The molecule has 1 fully saturated rings. The van der Waals surface area contributed by atoms with Crippen LogP contribution in [-0.4, -0.2) is 28.8 Å². The van der Waals surface area contributed by atoms with Crippen molar-refractivity contribution in [3.8, 4) is 0 Å². The van der Waals surface area contributed by atoms with Crippen molar-refractivity contribution in [1.29, 1.82) is 0 Å². The normalized spacial score (nSPS) is 17.1. The highest BCUT2D eigenvalue weighted by molar-refractivity contribution is 7.80. The zero-order chi connectivity index (χ0) is 10.4. The Morgan fingerprint density at radius 1 is 1.14 bits per heavy atom. The maximum atomic E-state index is 5.26. The molecule has 1 saturated heterocycles. The smallest absolute Gasteiger partial charge is 0.189 e. The predicted molar refractivity (Wildman–Crippen MR) is 64.6 cm³/mol. The van der Waals surface area contributed by atoms with Crippen LogP contribution in [0, 0.1) is 0 Å². The second kappa shape index (κ2) is 5.96. The van der Waals surface area contributed by atoms with Crippen molar-refractivity contribution >= 4 is 23.0 Å². The van der Waals surface area contributed by atoms with E-state index >= 15 is 0 Å². The van der Waals surface area contributed by atoms with Crippen LogP contribution in [0.3, 0.4) is 0 Å². The van der Waals surface area contributed by atoms with Crippen LogP contribution in [0.5, 0.6) is 0 Å². The number of hydrogen-bond acceptors (Lipinski definition) is 2. The lowest BCUT2D eigenvalue weighted by atomic mass is 10.2. The van der Waals surface area contributed by atoms with Crippen LogP contribution >= 0.6 is 12.2 Å². The van der Waals surface area contributed by atoms with Gasteiger partial charge in [-0.2, -0.15) is 5.10 Å². The third kappa shape index (κ3) is 4.05. The van der Waals surface area contributed by atoms with Gasteiger partial charge in [0.05, 0.1) is 0 Å². The number of rotatable bonds is 1. The molecule has 0 amide bonds. The van der Waals surface area contributed by atoms with Crippen LogP contribution in [0.2, 0.25) is 0 Å². The Balaban J connectivity index is 2.38. The van der Waals surface area contributed by atoms with Gasteiger partial charge >= 0.3 is 0 Å². The fraction of sp³-hybridized carbons (Fsp3) is 0.800. The second-order valence-electron chi connectivity index (χ2n) is 3.88. The molecule has 1 rings (SSSR count). The number of nitrogens with zero attached hydrogens (tertiary/aromatic N) is 2. The van der Waals surface area contributed by atoms with Crippen molar-refractivity contribution in [3.63, 3.8) is 0 Å². The number of hydrogen-bond donors (Lipinski definition) is 1. The molecule has 0 aromatic rings. The van der Waals surface area contributed by atoms with Crippen molar-refractivity contribution in [2.75, 3.05) is 13.1 Å². The van der Waals surface area contributed by atoms with Gasteiger partial charge in [-0.05, 0) is 38.9 Å². The quantitative estimate of drug-likeness (QED) is 0.411. The maximum absolute atomic E-state index is 5.26. The Labute approximate surface area is 91.6 Å². The molecule has 1 N–H and O–H groups in total. The number of thiocarbonyl (C=S) groups is 1. The van der Waals surface area contributed by atoms with Crippen LogP contribution in [0.15, 0.2) is 5.10 Å². The lowest BCUT2D eigenvalue weighted by molar-refractivity contribution is 0.428. The molecule has 14 heavy (non-hydrogen) atoms. The van der Waals surface area contributed by atoms with E-state index in [1.165, 1.54) is 25.7 Å². The fourth-order valence-corrected chi connectivity index (χ4v) is 1.73. The minimum absolute atomic E-state index is 0.771. The number of nitrogens with one attached hydrogen (secondary N) is 1. The van der Waals surface area contributed by atoms with E-state index in [4.69, 9.17) is 12.2 Å². The monoisotopic (exact) mass is 213 g/mol. The Hall–Kier alpha value is -0.640. The SMILES string of the molecule is CC(C)=NNC(=S)N1CCCCCC1. The summed E-state index contributed by atoms with van der Waals surface area (Å²) in [5.41, 5.74) is 3.93. The van der Waals surface area contributed by atoms with Gasteiger partial charge in [0.15, 0.2) is 5.11 Å². The van der Waals surface area contributed by atoms with Gasteiger partial charge in [0.25, 0.3) is 0 Å². The van der Waals surface area contributed by atoms with E-state index in [0.29, 0.717) is 0 Å². The highest BCUT2D eigenvalue weighted by atomic mass is 32.1. The molecule has 0 spiro atoms. The molecule has 0 atom stereocenters. The van der Waals surface area contributed by atoms with E-state index in [9.17, 15) is 0 Å². The summed E-state index contributed by atoms with van der Waals surface area (Å²) in [4.78, 5) is 2.22. The molecule has 0 aliphatic carbocycles. The van der Waals surface area contributed by atoms with E-state index in [-0.39, 0.29) is 0 Å². The Morgan fingerprint density at radius 2 is 1.71 bits per heavy atom. The van der Waals surface area contributed by atoms with E-state index < -0.39 is 0 Å². The topological polar surface area (TPSA) is 27.6 Å². The van der Waals surface area contributed by atoms with Gasteiger partial charge in [-0.15, -0.1) is 0 Å². The number of likely N-dealkylation sites (tertiary alicyclic amines) is 1. The van der Waals surface area contributed by atoms with Crippen molar-refractivity contribution < 1.29 is 0 Å². The van der Waals surface area contributed by atoms with Crippen molar-refractivity contribution in [2.45, 2.75) is 39.5 Å². The van der Waals surface area contributed by atoms with Crippen LogP contribution in [-0.2, 0) is 0 Å². The average Bonchev–Trinajstić information content (AvgIpc) is 2.42. The van der Waals surface area contributed by atoms with Gasteiger partial charge in [-0.3, -0.25) is 5.43 Å². The van der Waals surface area contributed by atoms with Crippen molar-refractivity contribution in [2.24, 2.45) is 5.10 Å². The van der Waals surface area contributed by atoms with Gasteiger partial charge in [-0.1, -0.05) is 12.8 Å². The molecule has 0 unspecified atom stereocenters. The molecule has 0 aromatic carbocycles. The molecular formula is C10H19N3S. The van der Waals surface area contributed by atoms with Crippen molar-refractivity contribution in [3.05, 3.63) is 0 Å². The van der Waals surface area contributed by atoms with Crippen molar-refractivity contribution in [1.82, 2.24) is 10.3 Å². The van der Waals surface area contributed by atoms with Gasteiger partial charge < -0.3 is 4.90 Å². The zero-order valence-corrected chi connectivity index (χ0v) is 9.86. The zero-order valence-electron chi connectivity index (χ0n) is 9.05. The Bertz CT molecular complexity index is 213. The largest absolute Gasteiger partial charge is 0.348 e. The highest BCUT2D eigenvalue weighted by Gasteiger charge is 2.11. The third-order valence-electron chi connectivity index (χ3n) is 2.27. The molecule has 0 aromatic heterocycles. The van der Waals surface area contributed by atoms with E-state index in [1.807, 2.05) is 13.8 Å². The Morgan fingerprint density at radius 3 is 2.21 bits per heavy atom. The molecule has 1 aliphatic rings. The summed E-state index contributed by atoms with van der Waals surface area (Å²) in [5, 5.41) is 4.89. The Kier molecular flexibility index (Phi) is 4.87. The third-order valence-corrected chi connectivity index (χ3v) is 2.62. The summed E-state index contributed by atoms with van der Waals surface area (Å²) >= 11 is 5.26.